The first kappa shape index (κ1) is 39.5. The van der Waals surface area contributed by atoms with E-state index < -0.39 is 58.8 Å². The van der Waals surface area contributed by atoms with Crippen LogP contribution < -0.4 is 0 Å². The summed E-state index contributed by atoms with van der Waals surface area (Å²) in [7, 11) is -7.26. The standard InChI is InChI=1S/C21H32O6SSi.C15H18O6S/c1-13-8-10-14(11-9-13)28(23,24)26-15-12-16(27-29(6,7)21(2,3)4)18-17(15)19(18)20(22)25-5;1-8-3-5-9(6-4-8)22(18,19)21-11-7-10(16)12-13(11)14(12)15(17)20-2/h8-11,15-19H,12H2,1-7H3;3-6,10-14,16H,7H2,1-2H3/t15-,16-,17-,18+,19+;10-,11-,12+,13-,14-/m11/s1. The van der Waals surface area contributed by atoms with E-state index in [9.17, 15) is 31.5 Å². The summed E-state index contributed by atoms with van der Waals surface area (Å²) in [5.41, 5.74) is 1.92. The van der Waals surface area contributed by atoms with Crippen LogP contribution >= 0.6 is 0 Å². The predicted octanol–water partition coefficient (Wildman–Crippen LogP) is 4.77. The lowest BCUT2D eigenvalue weighted by Gasteiger charge is -2.39. The van der Waals surface area contributed by atoms with Gasteiger partial charge in [-0.2, -0.15) is 16.8 Å². The summed E-state index contributed by atoms with van der Waals surface area (Å²) in [6, 6.07) is 12.9. The van der Waals surface area contributed by atoms with Gasteiger partial charge in [-0.15, -0.1) is 0 Å². The van der Waals surface area contributed by atoms with Crippen molar-refractivity contribution >= 4 is 40.5 Å². The Morgan fingerprint density at radius 2 is 1.04 bits per heavy atom. The highest BCUT2D eigenvalue weighted by Crippen LogP contribution is 2.62. The molecule has 1 N–H and O–H groups in total. The molecule has 2 aromatic rings. The highest BCUT2D eigenvalue weighted by molar-refractivity contribution is 7.87. The monoisotopic (exact) mass is 766 g/mol. The number of aryl methyl sites for hydroxylation is 2. The van der Waals surface area contributed by atoms with E-state index in [1.54, 1.807) is 36.4 Å². The molecule has 10 atom stereocenters. The highest BCUT2D eigenvalue weighted by Gasteiger charge is 2.69. The number of carbonyl (C=O) groups is 2. The van der Waals surface area contributed by atoms with Gasteiger partial charge in [0.2, 0.25) is 0 Å². The third kappa shape index (κ3) is 8.14. The lowest BCUT2D eigenvalue weighted by atomic mass is 10.1. The Bertz CT molecular complexity index is 1820. The first-order valence-electron chi connectivity index (χ1n) is 17.1. The minimum absolute atomic E-state index is 0.0189. The minimum atomic E-state index is -3.91. The zero-order chi connectivity index (χ0) is 37.8. The first-order chi connectivity index (χ1) is 23.6. The Hall–Kier alpha value is -2.66. The SMILES string of the molecule is COC(=O)[C@@H]1[C@@H]2[C@H]1[C@H](OS(=O)(=O)c1ccc(C)cc1)C[C@H]2O.COC(=O)[C@@H]1[C@@H]2[C@H]1[C@H](OS(=O)(=O)c1ccc(C)cc1)C[C@H]2O[Si](C)(C)C(C)(C)C. The largest absolute Gasteiger partial charge is 0.469 e. The number of benzene rings is 2. The van der Waals surface area contributed by atoms with Crippen molar-refractivity contribution in [3.8, 4) is 0 Å². The van der Waals surface area contributed by atoms with Crippen molar-refractivity contribution in [3.63, 3.8) is 0 Å². The Labute approximate surface area is 302 Å². The minimum Gasteiger partial charge on any atom is -0.469 e. The maximum Gasteiger partial charge on any atom is 0.309 e. The Balaban J connectivity index is 0.000000205. The second-order valence-electron chi connectivity index (χ2n) is 15.7. The fraction of sp³-hybridized carbons (Fsp3) is 0.611. The molecular weight excluding hydrogens is 717 g/mol. The van der Waals surface area contributed by atoms with Gasteiger partial charge in [0.15, 0.2) is 8.32 Å². The number of hydrogen-bond acceptors (Lipinski definition) is 12. The molecule has 0 aliphatic heterocycles. The average molecular weight is 767 g/mol. The van der Waals surface area contributed by atoms with Crippen molar-refractivity contribution in [2.75, 3.05) is 14.2 Å². The van der Waals surface area contributed by atoms with E-state index >= 15 is 0 Å². The summed E-state index contributed by atoms with van der Waals surface area (Å²) in [6.45, 7) is 14.6. The van der Waals surface area contributed by atoms with Crippen LogP contribution in [0, 0.1) is 49.4 Å². The van der Waals surface area contributed by atoms with E-state index in [4.69, 9.17) is 17.5 Å². The van der Waals surface area contributed by atoms with Crippen LogP contribution in [0.25, 0.3) is 0 Å². The van der Waals surface area contributed by atoms with Crippen LogP contribution in [0.1, 0.15) is 44.7 Å². The van der Waals surface area contributed by atoms with Gasteiger partial charge in [-0.3, -0.25) is 18.0 Å². The summed E-state index contributed by atoms with van der Waals surface area (Å²) in [5, 5.41) is 9.96. The number of aliphatic hydroxyl groups excluding tert-OH is 1. The van der Waals surface area contributed by atoms with Crippen molar-refractivity contribution in [2.45, 2.75) is 99.8 Å². The normalized spacial score (nSPS) is 31.1. The van der Waals surface area contributed by atoms with Gasteiger partial charge < -0.3 is 19.0 Å². The number of carbonyl (C=O) groups excluding carboxylic acids is 2. The van der Waals surface area contributed by atoms with E-state index in [1.165, 1.54) is 26.4 Å². The van der Waals surface area contributed by atoms with E-state index in [-0.39, 0.29) is 62.9 Å². The number of esters is 2. The van der Waals surface area contributed by atoms with Gasteiger partial charge in [-0.25, -0.2) is 0 Å². The molecule has 0 amide bonds. The number of fused-ring (bicyclic) bond motifs is 2. The second kappa shape index (κ2) is 14.3. The van der Waals surface area contributed by atoms with Crippen molar-refractivity contribution in [1.29, 1.82) is 0 Å². The third-order valence-electron chi connectivity index (χ3n) is 11.3. The molecule has 282 valence electrons. The van der Waals surface area contributed by atoms with Crippen molar-refractivity contribution in [2.24, 2.45) is 35.5 Å². The van der Waals surface area contributed by atoms with Crippen LogP contribution in [0.15, 0.2) is 58.3 Å². The van der Waals surface area contributed by atoms with Crippen LogP contribution in [0.2, 0.25) is 18.1 Å². The van der Waals surface area contributed by atoms with Crippen LogP contribution in [0.4, 0.5) is 0 Å². The topological polar surface area (TPSA) is 169 Å². The summed E-state index contributed by atoms with van der Waals surface area (Å²) in [6.07, 6.45) is -1.50. The summed E-state index contributed by atoms with van der Waals surface area (Å²) in [5.74, 6) is -2.34. The summed E-state index contributed by atoms with van der Waals surface area (Å²) >= 11 is 0. The van der Waals surface area contributed by atoms with Gasteiger partial charge in [-0.05, 0) is 56.2 Å². The number of ether oxygens (including phenoxy) is 2. The van der Waals surface area contributed by atoms with Crippen LogP contribution in [-0.4, -0.2) is 80.8 Å². The quantitative estimate of drug-likeness (QED) is 0.200. The van der Waals surface area contributed by atoms with E-state index in [0.29, 0.717) is 6.42 Å². The molecule has 6 rings (SSSR count). The van der Waals surface area contributed by atoms with Crippen LogP contribution in [0.5, 0.6) is 0 Å². The number of methoxy groups -OCH3 is 2. The van der Waals surface area contributed by atoms with Crippen LogP contribution in [-0.2, 0) is 52.1 Å². The number of rotatable bonds is 10. The summed E-state index contributed by atoms with van der Waals surface area (Å²) < 4.78 is 77.3. The molecule has 0 radical (unpaired) electrons. The van der Waals surface area contributed by atoms with Gasteiger partial charge >= 0.3 is 11.9 Å². The van der Waals surface area contributed by atoms with Crippen molar-refractivity contribution in [1.82, 2.24) is 0 Å². The maximum atomic E-state index is 12.8. The van der Waals surface area contributed by atoms with E-state index in [2.05, 4.69) is 38.6 Å². The van der Waals surface area contributed by atoms with Crippen LogP contribution in [0.3, 0.4) is 0 Å². The third-order valence-corrected chi connectivity index (χ3v) is 18.5. The first-order valence-corrected chi connectivity index (χ1v) is 22.9. The molecule has 4 aliphatic rings. The molecule has 2 aromatic carbocycles. The molecule has 0 aromatic heterocycles. The Morgan fingerprint density at radius 1 is 0.667 bits per heavy atom. The molecule has 0 spiro atoms. The van der Waals surface area contributed by atoms with Gasteiger partial charge in [0.05, 0.1) is 60.3 Å². The molecule has 0 unspecified atom stereocenters. The fourth-order valence-electron chi connectivity index (χ4n) is 7.38. The van der Waals surface area contributed by atoms with Gasteiger partial charge in [0, 0.05) is 36.5 Å². The number of hydrogen-bond donors (Lipinski definition) is 1. The zero-order valence-corrected chi connectivity index (χ0v) is 33.2. The van der Waals surface area contributed by atoms with Gasteiger partial charge in [0.25, 0.3) is 20.2 Å². The highest BCUT2D eigenvalue weighted by atomic mass is 32.2. The smallest absolute Gasteiger partial charge is 0.309 e. The Morgan fingerprint density at radius 3 is 1.45 bits per heavy atom. The Kier molecular flexibility index (Phi) is 11.1. The lowest BCUT2D eigenvalue weighted by Crippen LogP contribution is -2.44. The molecule has 4 aliphatic carbocycles. The molecule has 15 heteroatoms. The molecule has 0 bridgehead atoms. The van der Waals surface area contributed by atoms with Crippen molar-refractivity contribution in [3.05, 3.63) is 59.7 Å². The molecule has 0 saturated heterocycles. The second-order valence-corrected chi connectivity index (χ2v) is 23.6. The zero-order valence-electron chi connectivity index (χ0n) is 30.6. The summed E-state index contributed by atoms with van der Waals surface area (Å²) in [4.78, 5) is 24.1. The molecule has 4 fully saturated rings. The molecule has 0 heterocycles. The molecule has 51 heavy (non-hydrogen) atoms. The van der Waals surface area contributed by atoms with Crippen molar-refractivity contribution < 1.29 is 53.8 Å². The lowest BCUT2D eigenvalue weighted by molar-refractivity contribution is -0.144. The van der Waals surface area contributed by atoms with Gasteiger partial charge in [-0.1, -0.05) is 56.2 Å². The van der Waals surface area contributed by atoms with Gasteiger partial charge in [0.1, 0.15) is 0 Å². The predicted molar refractivity (Wildman–Crippen MR) is 189 cm³/mol. The van der Waals surface area contributed by atoms with E-state index in [1.807, 2.05) is 13.8 Å². The maximum absolute atomic E-state index is 12.8. The molecule has 4 saturated carbocycles. The van der Waals surface area contributed by atoms with E-state index in [0.717, 1.165) is 11.1 Å². The average Bonchev–Trinajstić information content (AvgIpc) is 3.91. The number of aliphatic hydroxyl groups is 1. The fourth-order valence-corrected chi connectivity index (χ4v) is 11.0. The molecular formula is C36H50O12S2Si. The molecule has 12 nitrogen and oxygen atoms in total.